The first-order chi connectivity index (χ1) is 16.4. The van der Waals surface area contributed by atoms with Crippen LogP contribution in [0.3, 0.4) is 0 Å². The molecule has 1 heterocycles. The lowest BCUT2D eigenvalue weighted by Crippen LogP contribution is -2.04. The molecule has 0 fully saturated rings. The fourth-order valence-electron chi connectivity index (χ4n) is 3.52. The summed E-state index contributed by atoms with van der Waals surface area (Å²) >= 11 is 0. The molecule has 0 saturated carbocycles. The van der Waals surface area contributed by atoms with Crippen molar-refractivity contribution in [3.8, 4) is 11.5 Å². The van der Waals surface area contributed by atoms with Gasteiger partial charge in [-0.1, -0.05) is 0 Å². The molecule has 3 N–H and O–H groups in total. The highest BCUT2D eigenvalue weighted by Crippen LogP contribution is 2.44. The summed E-state index contributed by atoms with van der Waals surface area (Å²) in [6.07, 6.45) is 0. The Kier molecular flexibility index (Phi) is 5.15. The van der Waals surface area contributed by atoms with E-state index in [-0.39, 0.29) is 11.4 Å². The maximum Gasteiger partial charge on any atom is 0.269 e. The zero-order chi connectivity index (χ0) is 23.7. The Bertz CT molecular complexity index is 1300. The number of nitro groups is 2. The smallest absolute Gasteiger partial charge is 0.269 e. The molecule has 4 aromatic carbocycles. The minimum absolute atomic E-state index is 0.0285. The van der Waals surface area contributed by atoms with E-state index < -0.39 is 9.85 Å². The number of hydrogen-bond donors (Lipinski definition) is 3. The standard InChI is InChI=1S/C24H17N5O5/c30-28(31)19-7-1-15(2-8-19)25-17-5-11-23-21(13-17)27-22-14-18(6-12-24(22)34-23)26-16-3-9-20(10-4-16)29(32)33/h1-14,25-27H. The molecule has 0 aromatic heterocycles. The molecule has 10 nitrogen and oxygen atoms in total. The SMILES string of the molecule is O=[N+]([O-])c1ccc(Nc2ccc3c(c2)Nc2cc(Nc4ccc([N+](=O)[O-])cc4)ccc2O3)cc1. The highest BCUT2D eigenvalue weighted by atomic mass is 16.6. The Morgan fingerprint density at radius 2 is 0.971 bits per heavy atom. The first-order valence-electron chi connectivity index (χ1n) is 10.2. The number of hydrogen-bond acceptors (Lipinski definition) is 8. The molecule has 1 aliphatic heterocycles. The number of nitrogens with zero attached hydrogens (tertiary/aromatic N) is 2. The summed E-state index contributed by atoms with van der Waals surface area (Å²) in [6.45, 7) is 0. The Labute approximate surface area is 193 Å². The highest BCUT2D eigenvalue weighted by molar-refractivity contribution is 5.81. The lowest BCUT2D eigenvalue weighted by molar-refractivity contribution is -0.385. The van der Waals surface area contributed by atoms with E-state index in [0.717, 1.165) is 34.1 Å². The van der Waals surface area contributed by atoms with Gasteiger partial charge in [-0.25, -0.2) is 0 Å². The van der Waals surface area contributed by atoms with Crippen LogP contribution in [-0.4, -0.2) is 9.85 Å². The molecule has 0 amide bonds. The Hall–Kier alpha value is -5.12. The second kappa shape index (κ2) is 8.43. The average Bonchev–Trinajstić information content (AvgIpc) is 2.83. The monoisotopic (exact) mass is 455 g/mol. The number of anilines is 6. The van der Waals surface area contributed by atoms with Crippen molar-refractivity contribution < 1.29 is 14.6 Å². The molecule has 0 saturated heterocycles. The third kappa shape index (κ3) is 4.28. The van der Waals surface area contributed by atoms with E-state index in [1.54, 1.807) is 24.3 Å². The predicted molar refractivity (Wildman–Crippen MR) is 129 cm³/mol. The first kappa shape index (κ1) is 20.8. The third-order valence-electron chi connectivity index (χ3n) is 5.18. The second-order valence-corrected chi connectivity index (χ2v) is 7.51. The van der Waals surface area contributed by atoms with Crippen molar-refractivity contribution in [1.82, 2.24) is 0 Å². The average molecular weight is 455 g/mol. The zero-order valence-corrected chi connectivity index (χ0v) is 17.5. The van der Waals surface area contributed by atoms with E-state index in [1.807, 2.05) is 36.4 Å². The van der Waals surface area contributed by atoms with Crippen molar-refractivity contribution >= 4 is 45.5 Å². The van der Waals surface area contributed by atoms with Crippen LogP contribution >= 0.6 is 0 Å². The number of rotatable bonds is 6. The van der Waals surface area contributed by atoms with Gasteiger partial charge in [0.25, 0.3) is 11.4 Å². The molecule has 0 bridgehead atoms. The number of fused-ring (bicyclic) bond motifs is 2. The maximum absolute atomic E-state index is 10.8. The Morgan fingerprint density at radius 1 is 0.588 bits per heavy atom. The molecule has 0 radical (unpaired) electrons. The summed E-state index contributed by atoms with van der Waals surface area (Å²) in [5.41, 5.74) is 4.58. The summed E-state index contributed by atoms with van der Waals surface area (Å²) in [6, 6.07) is 23.5. The second-order valence-electron chi connectivity index (χ2n) is 7.51. The van der Waals surface area contributed by atoms with Crippen molar-refractivity contribution in [2.24, 2.45) is 0 Å². The fraction of sp³-hybridized carbons (Fsp3) is 0. The number of nitro benzene ring substituents is 2. The highest BCUT2D eigenvalue weighted by Gasteiger charge is 2.18. The summed E-state index contributed by atoms with van der Waals surface area (Å²) in [4.78, 5) is 20.8. The van der Waals surface area contributed by atoms with Crippen LogP contribution in [0.15, 0.2) is 84.9 Å². The maximum atomic E-state index is 10.8. The van der Waals surface area contributed by atoms with Crippen molar-refractivity contribution in [3.05, 3.63) is 105 Å². The van der Waals surface area contributed by atoms with Gasteiger partial charge >= 0.3 is 0 Å². The molecule has 0 aliphatic carbocycles. The molecular formula is C24H17N5O5. The van der Waals surface area contributed by atoms with Crippen LogP contribution in [-0.2, 0) is 0 Å². The van der Waals surface area contributed by atoms with Gasteiger partial charge in [0.1, 0.15) is 0 Å². The number of ether oxygens (including phenoxy) is 1. The number of nitrogens with one attached hydrogen (secondary N) is 3. The van der Waals surface area contributed by atoms with Crippen LogP contribution in [0, 0.1) is 20.2 Å². The first-order valence-corrected chi connectivity index (χ1v) is 10.2. The van der Waals surface area contributed by atoms with Crippen LogP contribution < -0.4 is 20.7 Å². The van der Waals surface area contributed by atoms with Gasteiger partial charge in [0.2, 0.25) is 0 Å². The van der Waals surface area contributed by atoms with Gasteiger partial charge in [-0.05, 0) is 60.7 Å². The van der Waals surface area contributed by atoms with Crippen LogP contribution in [0.25, 0.3) is 0 Å². The van der Waals surface area contributed by atoms with Crippen molar-refractivity contribution in [2.75, 3.05) is 16.0 Å². The van der Waals surface area contributed by atoms with Gasteiger partial charge in [0, 0.05) is 47.0 Å². The topological polar surface area (TPSA) is 132 Å². The molecule has 168 valence electrons. The van der Waals surface area contributed by atoms with Crippen molar-refractivity contribution in [2.45, 2.75) is 0 Å². The van der Waals surface area contributed by atoms with Gasteiger partial charge < -0.3 is 20.7 Å². The molecule has 4 aromatic rings. The minimum Gasteiger partial charge on any atom is -0.453 e. The van der Waals surface area contributed by atoms with Gasteiger partial charge in [-0.15, -0.1) is 0 Å². The largest absolute Gasteiger partial charge is 0.453 e. The van der Waals surface area contributed by atoms with E-state index in [1.165, 1.54) is 24.3 Å². The molecular weight excluding hydrogens is 438 g/mol. The summed E-state index contributed by atoms with van der Waals surface area (Å²) < 4.78 is 6.00. The van der Waals surface area contributed by atoms with E-state index >= 15 is 0 Å². The van der Waals surface area contributed by atoms with Gasteiger partial charge in [0.15, 0.2) is 11.5 Å². The third-order valence-corrected chi connectivity index (χ3v) is 5.18. The Morgan fingerprint density at radius 3 is 1.35 bits per heavy atom. The van der Waals surface area contributed by atoms with Gasteiger partial charge in [-0.3, -0.25) is 20.2 Å². The van der Waals surface area contributed by atoms with Crippen LogP contribution in [0.1, 0.15) is 0 Å². The summed E-state index contributed by atoms with van der Waals surface area (Å²) in [5.74, 6) is 1.33. The van der Waals surface area contributed by atoms with Crippen molar-refractivity contribution in [1.29, 1.82) is 0 Å². The number of non-ortho nitro benzene ring substituents is 2. The summed E-state index contributed by atoms with van der Waals surface area (Å²) in [5, 5.41) is 31.5. The predicted octanol–water partition coefficient (Wildman–Crippen LogP) is 6.84. The van der Waals surface area contributed by atoms with E-state index in [2.05, 4.69) is 16.0 Å². The zero-order valence-electron chi connectivity index (χ0n) is 17.5. The molecule has 0 atom stereocenters. The van der Waals surface area contributed by atoms with Crippen LogP contribution in [0.4, 0.5) is 45.5 Å². The quantitative estimate of drug-likeness (QED) is 0.187. The lowest BCUT2D eigenvalue weighted by Gasteiger charge is -2.23. The minimum atomic E-state index is -0.438. The molecule has 0 unspecified atom stereocenters. The van der Waals surface area contributed by atoms with Crippen LogP contribution in [0.2, 0.25) is 0 Å². The molecule has 5 rings (SSSR count). The number of benzene rings is 4. The molecule has 34 heavy (non-hydrogen) atoms. The normalized spacial score (nSPS) is 11.3. The summed E-state index contributed by atoms with van der Waals surface area (Å²) in [7, 11) is 0. The van der Waals surface area contributed by atoms with Crippen molar-refractivity contribution in [3.63, 3.8) is 0 Å². The fourth-order valence-corrected chi connectivity index (χ4v) is 3.52. The molecule has 0 spiro atoms. The van der Waals surface area contributed by atoms with E-state index in [4.69, 9.17) is 4.74 Å². The van der Waals surface area contributed by atoms with E-state index in [0.29, 0.717) is 11.5 Å². The van der Waals surface area contributed by atoms with Gasteiger partial charge in [0.05, 0.1) is 21.2 Å². The molecule has 1 aliphatic rings. The Balaban J connectivity index is 1.32. The van der Waals surface area contributed by atoms with Gasteiger partial charge in [-0.2, -0.15) is 0 Å². The van der Waals surface area contributed by atoms with Crippen LogP contribution in [0.5, 0.6) is 11.5 Å². The lowest BCUT2D eigenvalue weighted by atomic mass is 10.1. The van der Waals surface area contributed by atoms with E-state index in [9.17, 15) is 20.2 Å². The molecule has 10 heteroatoms.